The zero-order valence-corrected chi connectivity index (χ0v) is 19.3. The lowest BCUT2D eigenvalue weighted by Gasteiger charge is -2.35. The number of aromatic nitrogens is 1. The highest BCUT2D eigenvalue weighted by Gasteiger charge is 2.42. The van der Waals surface area contributed by atoms with E-state index in [9.17, 15) is 18.7 Å². The monoisotopic (exact) mass is 465 g/mol. The van der Waals surface area contributed by atoms with Crippen LogP contribution in [0.4, 0.5) is 8.78 Å². The van der Waals surface area contributed by atoms with Crippen LogP contribution in [0, 0.1) is 0 Å². The molecule has 2 saturated carbocycles. The van der Waals surface area contributed by atoms with Crippen LogP contribution in [0.5, 0.6) is 0 Å². The number of amides is 1. The Morgan fingerprint density at radius 2 is 1.97 bits per heavy atom. The highest BCUT2D eigenvalue weighted by atomic mass is 35.5. The van der Waals surface area contributed by atoms with Crippen molar-refractivity contribution in [2.75, 3.05) is 20.6 Å². The van der Waals surface area contributed by atoms with E-state index >= 15 is 0 Å². The number of alkyl halides is 2. The lowest BCUT2D eigenvalue weighted by Crippen LogP contribution is -2.47. The predicted molar refractivity (Wildman–Crippen MR) is 122 cm³/mol. The molecule has 2 aromatic rings. The second-order valence-corrected chi connectivity index (χ2v) is 10.0. The Morgan fingerprint density at radius 3 is 2.62 bits per heavy atom. The number of pyridine rings is 1. The fraction of sp³-hybridized carbons (Fsp3) is 0.583. The van der Waals surface area contributed by atoms with Crippen molar-refractivity contribution in [3.05, 3.63) is 40.5 Å². The second kappa shape index (κ2) is 8.84. The number of nitrogens with one attached hydrogen (secondary N) is 1. The lowest BCUT2D eigenvalue weighted by molar-refractivity contribution is -0.101. The van der Waals surface area contributed by atoms with Gasteiger partial charge in [-0.05, 0) is 64.4 Å². The number of rotatable bonds is 5. The number of nitrogens with zero attached hydrogens (tertiary/aromatic N) is 2. The average molecular weight is 466 g/mol. The summed E-state index contributed by atoms with van der Waals surface area (Å²) >= 11 is 6.62. The van der Waals surface area contributed by atoms with Crippen molar-refractivity contribution in [2.24, 2.45) is 0 Å². The molecule has 2 atom stereocenters. The van der Waals surface area contributed by atoms with Crippen molar-refractivity contribution in [3.63, 3.8) is 0 Å². The van der Waals surface area contributed by atoms with E-state index in [4.69, 9.17) is 16.6 Å². The molecule has 0 spiro atoms. The first-order valence-electron chi connectivity index (χ1n) is 11.2. The zero-order chi connectivity index (χ0) is 23.1. The molecule has 1 aromatic heterocycles. The molecule has 2 fully saturated rings. The quantitative estimate of drug-likeness (QED) is 0.668. The molecule has 0 saturated heterocycles. The first kappa shape index (κ1) is 23.3. The average Bonchev–Trinajstić information content (AvgIpc) is 3.24. The smallest absolute Gasteiger partial charge is 0.252 e. The fourth-order valence-corrected chi connectivity index (χ4v) is 5.25. The van der Waals surface area contributed by atoms with Crippen LogP contribution in [-0.4, -0.2) is 59.1 Å². The largest absolute Gasteiger partial charge is 0.388 e. The number of benzene rings is 1. The normalized spacial score (nSPS) is 24.7. The number of carbonyl (C=O) groups excluding carboxylic acids is 1. The number of halogens is 3. The van der Waals surface area contributed by atoms with Crippen LogP contribution < -0.4 is 5.32 Å². The topological polar surface area (TPSA) is 65.5 Å². The van der Waals surface area contributed by atoms with Gasteiger partial charge in [0.2, 0.25) is 5.92 Å². The minimum atomic E-state index is -2.74. The number of aliphatic hydroxyl groups is 1. The summed E-state index contributed by atoms with van der Waals surface area (Å²) in [6, 6.07) is 7.63. The highest BCUT2D eigenvalue weighted by molar-refractivity contribution is 6.32. The number of hydrogen-bond donors (Lipinski definition) is 2. The summed E-state index contributed by atoms with van der Waals surface area (Å²) in [5, 5.41) is 14.5. The van der Waals surface area contributed by atoms with E-state index in [2.05, 4.69) is 24.3 Å². The molecule has 2 unspecified atom stereocenters. The SMILES string of the molecule is CN(C)C1CCC(c2nc3cccc(C(=O)NCC4(O)CCC(F)(F)CC4)c3cc2Cl)C1. The summed E-state index contributed by atoms with van der Waals surface area (Å²) in [6.07, 6.45) is 2.31. The summed E-state index contributed by atoms with van der Waals surface area (Å²) in [7, 11) is 4.17. The molecule has 4 rings (SSSR count). The molecule has 2 aliphatic carbocycles. The van der Waals surface area contributed by atoms with Crippen LogP contribution in [0.3, 0.4) is 0 Å². The van der Waals surface area contributed by atoms with Crippen LogP contribution in [0.25, 0.3) is 10.9 Å². The molecular weight excluding hydrogens is 436 g/mol. The molecule has 1 amide bonds. The highest BCUT2D eigenvalue weighted by Crippen LogP contribution is 2.40. The van der Waals surface area contributed by atoms with Gasteiger partial charge in [-0.25, -0.2) is 8.78 Å². The van der Waals surface area contributed by atoms with Gasteiger partial charge >= 0.3 is 0 Å². The van der Waals surface area contributed by atoms with Gasteiger partial charge in [-0.3, -0.25) is 9.78 Å². The zero-order valence-electron chi connectivity index (χ0n) is 18.5. The van der Waals surface area contributed by atoms with Crippen LogP contribution >= 0.6 is 11.6 Å². The van der Waals surface area contributed by atoms with Gasteiger partial charge in [0, 0.05) is 42.3 Å². The molecule has 1 heterocycles. The second-order valence-electron chi connectivity index (χ2n) is 9.62. The van der Waals surface area contributed by atoms with E-state index in [-0.39, 0.29) is 44.1 Å². The molecule has 2 N–H and O–H groups in total. The van der Waals surface area contributed by atoms with E-state index < -0.39 is 11.5 Å². The third-order valence-corrected chi connectivity index (χ3v) is 7.40. The molecule has 32 heavy (non-hydrogen) atoms. The molecule has 1 aromatic carbocycles. The molecule has 2 aliphatic rings. The van der Waals surface area contributed by atoms with Crippen LogP contribution in [-0.2, 0) is 0 Å². The third-order valence-electron chi connectivity index (χ3n) is 7.10. The van der Waals surface area contributed by atoms with Gasteiger partial charge in [0.15, 0.2) is 0 Å². The lowest BCUT2D eigenvalue weighted by atomic mass is 9.82. The predicted octanol–water partition coefficient (Wildman–Crippen LogP) is 4.76. The summed E-state index contributed by atoms with van der Waals surface area (Å²) in [4.78, 5) is 19.9. The van der Waals surface area contributed by atoms with Crippen LogP contribution in [0.2, 0.25) is 5.02 Å². The van der Waals surface area contributed by atoms with E-state index in [0.717, 1.165) is 25.0 Å². The first-order valence-corrected chi connectivity index (χ1v) is 11.6. The van der Waals surface area contributed by atoms with Crippen LogP contribution in [0.1, 0.15) is 66.9 Å². The Morgan fingerprint density at radius 1 is 1.25 bits per heavy atom. The molecule has 8 heteroatoms. The first-order chi connectivity index (χ1) is 15.1. The third kappa shape index (κ3) is 4.90. The summed E-state index contributed by atoms with van der Waals surface area (Å²) < 4.78 is 26.8. The van der Waals surface area contributed by atoms with E-state index in [1.54, 1.807) is 18.2 Å². The van der Waals surface area contributed by atoms with E-state index in [1.165, 1.54) is 0 Å². The van der Waals surface area contributed by atoms with Crippen molar-refractivity contribution < 1.29 is 18.7 Å². The van der Waals surface area contributed by atoms with Gasteiger partial charge < -0.3 is 15.3 Å². The number of fused-ring (bicyclic) bond motifs is 1. The Labute approximate surface area is 192 Å². The summed E-state index contributed by atoms with van der Waals surface area (Å²) in [5.74, 6) is -2.83. The van der Waals surface area contributed by atoms with E-state index in [0.29, 0.717) is 27.5 Å². The summed E-state index contributed by atoms with van der Waals surface area (Å²) in [5.41, 5.74) is 0.668. The molecule has 5 nitrogen and oxygen atoms in total. The Balaban J connectivity index is 1.51. The molecular formula is C24H30ClF2N3O2. The van der Waals surface area contributed by atoms with Gasteiger partial charge in [-0.1, -0.05) is 17.7 Å². The molecule has 0 radical (unpaired) electrons. The van der Waals surface area contributed by atoms with Crippen molar-refractivity contribution in [1.29, 1.82) is 0 Å². The van der Waals surface area contributed by atoms with Gasteiger partial charge in [0.1, 0.15) is 0 Å². The molecule has 0 bridgehead atoms. The minimum absolute atomic E-state index is 0.0398. The summed E-state index contributed by atoms with van der Waals surface area (Å²) in [6.45, 7) is -0.0639. The molecule has 0 aliphatic heterocycles. The van der Waals surface area contributed by atoms with Crippen molar-refractivity contribution in [3.8, 4) is 0 Å². The minimum Gasteiger partial charge on any atom is -0.388 e. The van der Waals surface area contributed by atoms with E-state index in [1.807, 2.05) is 6.07 Å². The van der Waals surface area contributed by atoms with Crippen molar-refractivity contribution in [1.82, 2.24) is 15.2 Å². The van der Waals surface area contributed by atoms with Gasteiger partial charge in [-0.2, -0.15) is 0 Å². The Bertz CT molecular complexity index is 1000. The standard InChI is InChI=1S/C24H30ClF2N3O2/c1-30(2)16-7-6-15(12-16)21-19(25)13-18-17(4-3-5-20(18)29-21)22(31)28-14-23(32)8-10-24(26,27)11-9-23/h3-5,13,15-16,32H,6-12,14H2,1-2H3,(H,28,31). The van der Waals surface area contributed by atoms with Crippen molar-refractivity contribution >= 4 is 28.4 Å². The maximum Gasteiger partial charge on any atom is 0.252 e. The van der Waals surface area contributed by atoms with Crippen molar-refractivity contribution in [2.45, 2.75) is 68.4 Å². The van der Waals surface area contributed by atoms with Gasteiger partial charge in [0.25, 0.3) is 5.91 Å². The Hall–Kier alpha value is -1.83. The van der Waals surface area contributed by atoms with Crippen LogP contribution in [0.15, 0.2) is 24.3 Å². The number of carbonyl (C=O) groups is 1. The van der Waals surface area contributed by atoms with Gasteiger partial charge in [-0.15, -0.1) is 0 Å². The molecule has 174 valence electrons. The number of hydrogen-bond acceptors (Lipinski definition) is 4. The van der Waals surface area contributed by atoms with Gasteiger partial charge in [0.05, 0.1) is 21.8 Å². The Kier molecular flexibility index (Phi) is 6.45. The fourth-order valence-electron chi connectivity index (χ4n) is 4.94. The maximum absolute atomic E-state index is 13.4. The maximum atomic E-state index is 13.4.